The summed E-state index contributed by atoms with van der Waals surface area (Å²) in [5, 5.41) is 3.83. The number of benzene rings is 2. The van der Waals surface area contributed by atoms with Gasteiger partial charge in [-0.15, -0.1) is 0 Å². The number of rotatable bonds is 9. The molecule has 1 fully saturated rings. The van der Waals surface area contributed by atoms with Crippen molar-refractivity contribution in [2.24, 2.45) is 0 Å². The van der Waals surface area contributed by atoms with E-state index in [2.05, 4.69) is 11.4 Å². The maximum atomic E-state index is 13.3. The number of hydrogen-bond donors (Lipinski definition) is 1. The molecule has 0 heterocycles. The van der Waals surface area contributed by atoms with Gasteiger partial charge in [0.15, 0.2) is 6.61 Å². The van der Waals surface area contributed by atoms with Gasteiger partial charge in [0.05, 0.1) is 0 Å². The van der Waals surface area contributed by atoms with Crippen LogP contribution in [-0.4, -0.2) is 35.4 Å². The Kier molecular flexibility index (Phi) is 9.19. The summed E-state index contributed by atoms with van der Waals surface area (Å²) in [6.45, 7) is 6.14. The van der Waals surface area contributed by atoms with Gasteiger partial charge in [0.2, 0.25) is 5.91 Å². The van der Waals surface area contributed by atoms with Gasteiger partial charge in [0.25, 0.3) is 5.91 Å². The van der Waals surface area contributed by atoms with Gasteiger partial charge in [-0.3, -0.25) is 9.59 Å². The molecule has 6 heteroatoms. The predicted molar refractivity (Wildman–Crippen MR) is 133 cm³/mol. The first-order chi connectivity index (χ1) is 15.9. The maximum absolute atomic E-state index is 13.3. The Labute approximate surface area is 202 Å². The zero-order chi connectivity index (χ0) is 23.8. The van der Waals surface area contributed by atoms with E-state index in [0.717, 1.165) is 42.4 Å². The highest BCUT2D eigenvalue weighted by Gasteiger charge is 2.30. The van der Waals surface area contributed by atoms with Crippen molar-refractivity contribution in [3.05, 3.63) is 64.2 Å². The largest absolute Gasteiger partial charge is 0.484 e. The molecule has 2 aromatic rings. The lowest BCUT2D eigenvalue weighted by Crippen LogP contribution is -2.52. The Balaban J connectivity index is 1.76. The minimum atomic E-state index is -0.557. The van der Waals surface area contributed by atoms with Crippen LogP contribution in [0.15, 0.2) is 42.5 Å². The predicted octanol–water partition coefficient (Wildman–Crippen LogP) is 5.59. The summed E-state index contributed by atoms with van der Waals surface area (Å²) in [4.78, 5) is 28.2. The summed E-state index contributed by atoms with van der Waals surface area (Å²) >= 11 is 6.04. The first-order valence-electron chi connectivity index (χ1n) is 11.9. The molecule has 1 aliphatic carbocycles. The van der Waals surface area contributed by atoms with Gasteiger partial charge in [0.1, 0.15) is 11.8 Å². The SMILES string of the molecule is CC[C@H](C(=O)NC1CCCCC1)N(Cc1ccc(Cl)cc1)C(=O)COc1cc(C)cc(C)c1. The number of carbonyl (C=O) groups excluding carboxylic acids is 2. The first-order valence-corrected chi connectivity index (χ1v) is 12.3. The van der Waals surface area contributed by atoms with Crippen LogP contribution in [0.25, 0.3) is 0 Å². The van der Waals surface area contributed by atoms with E-state index >= 15 is 0 Å². The van der Waals surface area contributed by atoms with Gasteiger partial charge in [-0.05, 0) is 74.1 Å². The lowest BCUT2D eigenvalue weighted by atomic mass is 9.95. The van der Waals surface area contributed by atoms with Crippen molar-refractivity contribution < 1.29 is 14.3 Å². The van der Waals surface area contributed by atoms with Crippen molar-refractivity contribution >= 4 is 23.4 Å². The lowest BCUT2D eigenvalue weighted by molar-refractivity contribution is -0.143. The number of amides is 2. The van der Waals surface area contributed by atoms with Crippen LogP contribution >= 0.6 is 11.6 Å². The summed E-state index contributed by atoms with van der Waals surface area (Å²) in [7, 11) is 0. The van der Waals surface area contributed by atoms with Crippen LogP contribution in [0.5, 0.6) is 5.75 Å². The highest BCUT2D eigenvalue weighted by atomic mass is 35.5. The van der Waals surface area contributed by atoms with E-state index in [1.807, 2.05) is 45.0 Å². The van der Waals surface area contributed by atoms with Gasteiger partial charge in [-0.2, -0.15) is 0 Å². The third kappa shape index (κ3) is 7.50. The summed E-state index contributed by atoms with van der Waals surface area (Å²) in [5.74, 6) is 0.361. The number of halogens is 1. The number of ether oxygens (including phenoxy) is 1. The van der Waals surface area contributed by atoms with Gasteiger partial charge in [0, 0.05) is 17.6 Å². The Hall–Kier alpha value is -2.53. The first kappa shape index (κ1) is 25.1. The highest BCUT2D eigenvalue weighted by Crippen LogP contribution is 2.20. The van der Waals surface area contributed by atoms with Gasteiger partial charge < -0.3 is 15.0 Å². The fourth-order valence-electron chi connectivity index (χ4n) is 4.49. The zero-order valence-corrected chi connectivity index (χ0v) is 20.7. The smallest absolute Gasteiger partial charge is 0.261 e. The van der Waals surface area contributed by atoms with Crippen LogP contribution in [0.1, 0.15) is 62.1 Å². The van der Waals surface area contributed by atoms with Crippen molar-refractivity contribution in [3.63, 3.8) is 0 Å². The van der Waals surface area contributed by atoms with Crippen molar-refractivity contribution in [2.75, 3.05) is 6.61 Å². The molecule has 0 radical (unpaired) electrons. The van der Waals surface area contributed by atoms with Gasteiger partial charge in [-0.1, -0.05) is 56.0 Å². The molecule has 0 aromatic heterocycles. The fourth-order valence-corrected chi connectivity index (χ4v) is 4.62. The molecule has 1 aliphatic rings. The molecule has 178 valence electrons. The quantitative estimate of drug-likeness (QED) is 0.519. The second kappa shape index (κ2) is 12.1. The number of carbonyl (C=O) groups is 2. The maximum Gasteiger partial charge on any atom is 0.261 e. The molecule has 2 amide bonds. The zero-order valence-electron chi connectivity index (χ0n) is 19.9. The van der Waals surface area contributed by atoms with Crippen LogP contribution in [0.2, 0.25) is 5.02 Å². The Morgan fingerprint density at radius 1 is 1.06 bits per heavy atom. The van der Waals surface area contributed by atoms with E-state index in [9.17, 15) is 9.59 Å². The number of hydrogen-bond acceptors (Lipinski definition) is 3. The monoisotopic (exact) mass is 470 g/mol. The van der Waals surface area contributed by atoms with Gasteiger partial charge in [-0.25, -0.2) is 0 Å². The molecule has 0 bridgehead atoms. The number of nitrogens with one attached hydrogen (secondary N) is 1. The molecule has 2 aromatic carbocycles. The molecule has 3 rings (SSSR count). The summed E-state index contributed by atoms with van der Waals surface area (Å²) < 4.78 is 5.85. The van der Waals surface area contributed by atoms with E-state index in [4.69, 9.17) is 16.3 Å². The highest BCUT2D eigenvalue weighted by molar-refractivity contribution is 6.30. The average Bonchev–Trinajstić information content (AvgIpc) is 2.78. The van der Waals surface area contributed by atoms with E-state index in [-0.39, 0.29) is 24.5 Å². The van der Waals surface area contributed by atoms with E-state index in [0.29, 0.717) is 23.7 Å². The van der Waals surface area contributed by atoms with Crippen molar-refractivity contribution in [3.8, 4) is 5.75 Å². The van der Waals surface area contributed by atoms with Crippen molar-refractivity contribution in [2.45, 2.75) is 77.9 Å². The summed E-state index contributed by atoms with van der Waals surface area (Å²) in [6, 6.07) is 12.9. The minimum Gasteiger partial charge on any atom is -0.484 e. The number of nitrogens with zero attached hydrogens (tertiary/aromatic N) is 1. The third-order valence-corrected chi connectivity index (χ3v) is 6.41. The standard InChI is InChI=1S/C27H35ClN2O3/c1-4-25(27(32)29-23-8-6-5-7-9-23)30(17-21-10-12-22(28)13-11-21)26(31)18-33-24-15-19(2)14-20(3)16-24/h10-16,23,25H,4-9,17-18H2,1-3H3,(H,29,32)/t25-/m1/s1. The fraction of sp³-hybridized carbons (Fsp3) is 0.481. The Morgan fingerprint density at radius 3 is 2.30 bits per heavy atom. The molecular weight excluding hydrogens is 436 g/mol. The van der Waals surface area contributed by atoms with Gasteiger partial charge >= 0.3 is 0 Å². The van der Waals surface area contributed by atoms with Crippen LogP contribution in [0, 0.1) is 13.8 Å². The number of aryl methyl sites for hydroxylation is 2. The van der Waals surface area contributed by atoms with Crippen molar-refractivity contribution in [1.82, 2.24) is 10.2 Å². The molecule has 1 saturated carbocycles. The van der Waals surface area contributed by atoms with Crippen LogP contribution in [-0.2, 0) is 16.1 Å². The molecule has 33 heavy (non-hydrogen) atoms. The Bertz CT molecular complexity index is 919. The van der Waals surface area contributed by atoms with E-state index < -0.39 is 6.04 Å². The second-order valence-corrected chi connectivity index (χ2v) is 9.46. The van der Waals surface area contributed by atoms with Crippen LogP contribution in [0.3, 0.4) is 0 Å². The molecular formula is C27H35ClN2O3. The normalized spacial score (nSPS) is 15.0. The summed E-state index contributed by atoms with van der Waals surface area (Å²) in [6.07, 6.45) is 6.03. The third-order valence-electron chi connectivity index (χ3n) is 6.16. The molecule has 0 aliphatic heterocycles. The molecule has 1 N–H and O–H groups in total. The Morgan fingerprint density at radius 2 is 1.70 bits per heavy atom. The van der Waals surface area contributed by atoms with Crippen molar-refractivity contribution in [1.29, 1.82) is 0 Å². The topological polar surface area (TPSA) is 58.6 Å². The lowest BCUT2D eigenvalue weighted by Gasteiger charge is -2.32. The average molecular weight is 471 g/mol. The molecule has 1 atom stereocenters. The minimum absolute atomic E-state index is 0.0851. The molecule has 5 nitrogen and oxygen atoms in total. The molecule has 0 spiro atoms. The van der Waals surface area contributed by atoms with Crippen LogP contribution < -0.4 is 10.1 Å². The molecule has 0 unspecified atom stereocenters. The second-order valence-electron chi connectivity index (χ2n) is 9.03. The summed E-state index contributed by atoms with van der Waals surface area (Å²) in [5.41, 5.74) is 3.07. The van der Waals surface area contributed by atoms with Crippen LogP contribution in [0.4, 0.5) is 0 Å². The van der Waals surface area contributed by atoms with E-state index in [1.54, 1.807) is 17.0 Å². The molecule has 0 saturated heterocycles. The van der Waals surface area contributed by atoms with E-state index in [1.165, 1.54) is 6.42 Å².